The maximum absolute atomic E-state index is 6.08. The van der Waals surface area contributed by atoms with Crippen molar-refractivity contribution < 1.29 is 0 Å². The molecule has 1 nitrogen and oxygen atoms in total. The van der Waals surface area contributed by atoms with Gasteiger partial charge in [-0.15, -0.1) is 0 Å². The first kappa shape index (κ1) is 15.8. The summed E-state index contributed by atoms with van der Waals surface area (Å²) in [6.45, 7) is 8.92. The summed E-state index contributed by atoms with van der Waals surface area (Å²) in [5, 5.41) is 4.91. The van der Waals surface area contributed by atoms with Crippen LogP contribution in [0.1, 0.15) is 52.1 Å². The highest BCUT2D eigenvalue weighted by Gasteiger charge is 2.14. The van der Waals surface area contributed by atoms with Gasteiger partial charge in [0.2, 0.25) is 0 Å². The molecule has 2 atom stereocenters. The molecule has 1 rings (SSSR count). The van der Waals surface area contributed by atoms with Crippen LogP contribution in [0.5, 0.6) is 0 Å². The third kappa shape index (κ3) is 4.79. The summed E-state index contributed by atoms with van der Waals surface area (Å²) in [4.78, 5) is 0. The predicted molar refractivity (Wildman–Crippen MR) is 81.5 cm³/mol. The molecule has 1 aromatic rings. The van der Waals surface area contributed by atoms with Crippen LogP contribution in [0.25, 0.3) is 0 Å². The molecule has 102 valence electrons. The van der Waals surface area contributed by atoms with Crippen LogP contribution >= 0.6 is 23.2 Å². The van der Waals surface area contributed by atoms with E-state index in [9.17, 15) is 0 Å². The molecular formula is C15H23Cl2N. The summed E-state index contributed by atoms with van der Waals surface area (Å²) in [5.74, 6) is 0.707. The van der Waals surface area contributed by atoms with Gasteiger partial charge in [-0.25, -0.2) is 0 Å². The Labute approximate surface area is 121 Å². The molecule has 2 unspecified atom stereocenters. The summed E-state index contributed by atoms with van der Waals surface area (Å²) in [7, 11) is 0. The van der Waals surface area contributed by atoms with Crippen molar-refractivity contribution in [2.75, 3.05) is 0 Å². The number of benzene rings is 1. The fourth-order valence-corrected chi connectivity index (χ4v) is 2.60. The summed E-state index contributed by atoms with van der Waals surface area (Å²) in [6.07, 6.45) is 2.22. The maximum Gasteiger partial charge on any atom is 0.0595 e. The fraction of sp³-hybridized carbons (Fsp3) is 0.600. The molecule has 1 aromatic carbocycles. The summed E-state index contributed by atoms with van der Waals surface area (Å²) in [6, 6.07) is 6.74. The number of halogens is 2. The predicted octanol–water partition coefficient (Wildman–Crippen LogP) is 5.47. The summed E-state index contributed by atoms with van der Waals surface area (Å²) in [5.41, 5.74) is 1.21. The Hall–Kier alpha value is -0.240. The molecule has 0 aromatic heterocycles. The normalized spacial score (nSPS) is 14.8. The highest BCUT2D eigenvalue weighted by atomic mass is 35.5. The van der Waals surface area contributed by atoms with Gasteiger partial charge < -0.3 is 5.32 Å². The first-order chi connectivity index (χ1) is 8.43. The highest BCUT2D eigenvalue weighted by molar-refractivity contribution is 6.42. The second-order valence-electron chi connectivity index (χ2n) is 5.33. The zero-order valence-electron chi connectivity index (χ0n) is 11.6. The minimum atomic E-state index is 0.341. The lowest BCUT2D eigenvalue weighted by Crippen LogP contribution is -2.31. The van der Waals surface area contributed by atoms with Gasteiger partial charge in [0, 0.05) is 12.1 Å². The first-order valence-corrected chi connectivity index (χ1v) is 7.40. The number of nitrogens with one attached hydrogen (secondary N) is 1. The lowest BCUT2D eigenvalue weighted by molar-refractivity contribution is 0.388. The fourth-order valence-electron chi connectivity index (χ4n) is 2.30. The Balaban J connectivity index is 2.73. The van der Waals surface area contributed by atoms with Crippen LogP contribution in [0.3, 0.4) is 0 Å². The largest absolute Gasteiger partial charge is 0.307 e. The van der Waals surface area contributed by atoms with Crippen molar-refractivity contribution in [2.45, 2.75) is 52.6 Å². The van der Waals surface area contributed by atoms with Crippen LogP contribution < -0.4 is 5.32 Å². The van der Waals surface area contributed by atoms with E-state index in [4.69, 9.17) is 23.2 Å². The van der Waals surface area contributed by atoms with E-state index in [-0.39, 0.29) is 0 Å². The zero-order valence-corrected chi connectivity index (χ0v) is 13.1. The van der Waals surface area contributed by atoms with Crippen molar-refractivity contribution in [1.29, 1.82) is 0 Å². The Morgan fingerprint density at radius 2 is 1.78 bits per heavy atom. The summed E-state index contributed by atoms with van der Waals surface area (Å²) < 4.78 is 0. The molecule has 0 amide bonds. The Morgan fingerprint density at radius 1 is 1.11 bits per heavy atom. The van der Waals surface area contributed by atoms with E-state index < -0.39 is 0 Å². The molecule has 0 saturated carbocycles. The monoisotopic (exact) mass is 287 g/mol. The van der Waals surface area contributed by atoms with Gasteiger partial charge in [-0.2, -0.15) is 0 Å². The molecular weight excluding hydrogens is 265 g/mol. The van der Waals surface area contributed by atoms with Crippen LogP contribution in [0, 0.1) is 5.92 Å². The zero-order chi connectivity index (χ0) is 13.7. The van der Waals surface area contributed by atoms with Crippen LogP contribution in [0.2, 0.25) is 10.0 Å². The number of hydrogen-bond donors (Lipinski definition) is 1. The third-order valence-corrected chi connectivity index (χ3v) is 3.80. The standard InChI is InChI=1S/C15H23Cl2N/c1-5-15(18-11(4)8-10(2)3)12-6-7-13(16)14(17)9-12/h6-7,9-11,15,18H,5,8H2,1-4H3. The van der Waals surface area contributed by atoms with Crippen molar-refractivity contribution in [3.63, 3.8) is 0 Å². The molecule has 0 aliphatic heterocycles. The molecule has 0 bridgehead atoms. The second-order valence-corrected chi connectivity index (χ2v) is 6.15. The lowest BCUT2D eigenvalue weighted by Gasteiger charge is -2.24. The van der Waals surface area contributed by atoms with Gasteiger partial charge in [-0.05, 0) is 43.4 Å². The topological polar surface area (TPSA) is 12.0 Å². The molecule has 1 N–H and O–H groups in total. The van der Waals surface area contributed by atoms with Crippen molar-refractivity contribution in [3.8, 4) is 0 Å². The third-order valence-electron chi connectivity index (χ3n) is 3.06. The van der Waals surface area contributed by atoms with E-state index in [0.29, 0.717) is 28.0 Å². The van der Waals surface area contributed by atoms with Crippen LogP contribution in [0.15, 0.2) is 18.2 Å². The molecule has 0 radical (unpaired) electrons. The molecule has 0 aliphatic carbocycles. The SMILES string of the molecule is CCC(NC(C)CC(C)C)c1ccc(Cl)c(Cl)c1. The Bertz CT molecular complexity index is 377. The number of rotatable bonds is 6. The van der Waals surface area contributed by atoms with Gasteiger partial charge in [0.1, 0.15) is 0 Å². The van der Waals surface area contributed by atoms with Gasteiger partial charge in [0.05, 0.1) is 10.0 Å². The molecule has 0 spiro atoms. The average Bonchev–Trinajstić information content (AvgIpc) is 2.29. The molecule has 3 heteroatoms. The van der Waals surface area contributed by atoms with Crippen LogP contribution in [-0.2, 0) is 0 Å². The molecule has 0 aliphatic rings. The Kier molecular flexibility index (Phi) is 6.48. The number of hydrogen-bond acceptors (Lipinski definition) is 1. The Morgan fingerprint density at radius 3 is 2.28 bits per heavy atom. The van der Waals surface area contributed by atoms with Gasteiger partial charge in [-0.3, -0.25) is 0 Å². The van der Waals surface area contributed by atoms with E-state index in [1.54, 1.807) is 0 Å². The average molecular weight is 288 g/mol. The minimum absolute atomic E-state index is 0.341. The highest BCUT2D eigenvalue weighted by Crippen LogP contribution is 2.27. The molecule has 0 fully saturated rings. The van der Waals surface area contributed by atoms with Gasteiger partial charge in [0.25, 0.3) is 0 Å². The quantitative estimate of drug-likeness (QED) is 0.732. The molecule has 0 heterocycles. The lowest BCUT2D eigenvalue weighted by atomic mass is 10.0. The van der Waals surface area contributed by atoms with Crippen LogP contribution in [0.4, 0.5) is 0 Å². The van der Waals surface area contributed by atoms with Crippen molar-refractivity contribution in [3.05, 3.63) is 33.8 Å². The van der Waals surface area contributed by atoms with E-state index >= 15 is 0 Å². The van der Waals surface area contributed by atoms with Gasteiger partial charge >= 0.3 is 0 Å². The maximum atomic E-state index is 6.08. The second kappa shape index (κ2) is 7.37. The van der Waals surface area contributed by atoms with E-state index in [0.717, 1.165) is 6.42 Å². The van der Waals surface area contributed by atoms with Crippen molar-refractivity contribution >= 4 is 23.2 Å². The molecule has 18 heavy (non-hydrogen) atoms. The van der Waals surface area contributed by atoms with E-state index in [1.807, 2.05) is 12.1 Å². The van der Waals surface area contributed by atoms with Crippen molar-refractivity contribution in [2.24, 2.45) is 5.92 Å². The summed E-state index contributed by atoms with van der Waals surface area (Å²) >= 11 is 12.0. The molecule has 0 saturated heterocycles. The van der Waals surface area contributed by atoms with E-state index in [1.165, 1.54) is 12.0 Å². The smallest absolute Gasteiger partial charge is 0.0595 e. The minimum Gasteiger partial charge on any atom is -0.307 e. The van der Waals surface area contributed by atoms with E-state index in [2.05, 4.69) is 39.1 Å². The first-order valence-electron chi connectivity index (χ1n) is 6.65. The van der Waals surface area contributed by atoms with Gasteiger partial charge in [-0.1, -0.05) is 50.0 Å². The van der Waals surface area contributed by atoms with Gasteiger partial charge in [0.15, 0.2) is 0 Å². The van der Waals surface area contributed by atoms with Crippen molar-refractivity contribution in [1.82, 2.24) is 5.32 Å². The van der Waals surface area contributed by atoms with Crippen LogP contribution in [-0.4, -0.2) is 6.04 Å².